The number of carbonyl (C=O) groups is 1. The largest absolute Gasteiger partial charge is 0.349 e. The Morgan fingerprint density at radius 2 is 2.07 bits per heavy atom. The second-order valence-corrected chi connectivity index (χ2v) is 5.13. The Balaban J connectivity index is 2.69. The molecular formula is C12H16BrNO. The summed E-state index contributed by atoms with van der Waals surface area (Å²) in [6.45, 7) is 5.85. The fourth-order valence-electron chi connectivity index (χ4n) is 1.35. The molecule has 0 radical (unpaired) electrons. The molecule has 0 aliphatic heterocycles. The van der Waals surface area contributed by atoms with E-state index in [0.717, 1.165) is 5.56 Å². The topological polar surface area (TPSA) is 29.1 Å². The van der Waals surface area contributed by atoms with Gasteiger partial charge in [0, 0.05) is 0 Å². The Kier molecular flexibility index (Phi) is 4.33. The zero-order valence-corrected chi connectivity index (χ0v) is 10.8. The Labute approximate surface area is 99.2 Å². The van der Waals surface area contributed by atoms with Crippen LogP contribution in [0.3, 0.4) is 0 Å². The van der Waals surface area contributed by atoms with Gasteiger partial charge in [-0.25, -0.2) is 0 Å². The monoisotopic (exact) mass is 269 g/mol. The molecular weight excluding hydrogens is 254 g/mol. The van der Waals surface area contributed by atoms with E-state index >= 15 is 0 Å². The summed E-state index contributed by atoms with van der Waals surface area (Å²) in [5.41, 5.74) is 2.34. The van der Waals surface area contributed by atoms with Gasteiger partial charge in [0.15, 0.2) is 0 Å². The molecule has 0 saturated heterocycles. The van der Waals surface area contributed by atoms with E-state index < -0.39 is 0 Å². The fourth-order valence-corrected chi connectivity index (χ4v) is 1.48. The van der Waals surface area contributed by atoms with Gasteiger partial charge >= 0.3 is 0 Å². The summed E-state index contributed by atoms with van der Waals surface area (Å²) in [7, 11) is 0. The Morgan fingerprint density at radius 3 is 2.60 bits per heavy atom. The number of amides is 1. The lowest BCUT2D eigenvalue weighted by Crippen LogP contribution is -2.31. The van der Waals surface area contributed by atoms with Crippen LogP contribution in [0.4, 0.5) is 0 Å². The lowest BCUT2D eigenvalue weighted by molar-refractivity contribution is -0.120. The van der Waals surface area contributed by atoms with Crippen LogP contribution in [0.2, 0.25) is 0 Å². The van der Waals surface area contributed by atoms with Gasteiger partial charge in [-0.1, -0.05) is 45.8 Å². The third-order valence-electron chi connectivity index (χ3n) is 2.26. The predicted octanol–water partition coefficient (Wildman–Crippen LogP) is 2.96. The van der Waals surface area contributed by atoms with E-state index in [9.17, 15) is 4.79 Å². The average Bonchev–Trinajstić information content (AvgIpc) is 2.17. The van der Waals surface area contributed by atoms with E-state index in [1.807, 2.05) is 39.0 Å². The molecule has 0 heterocycles. The molecule has 1 unspecified atom stereocenters. The second kappa shape index (κ2) is 5.31. The first-order chi connectivity index (χ1) is 7.00. The summed E-state index contributed by atoms with van der Waals surface area (Å²) in [5, 5.41) is 2.94. The first kappa shape index (κ1) is 12.2. The molecule has 3 heteroatoms. The molecule has 15 heavy (non-hydrogen) atoms. The number of alkyl halides is 1. The molecule has 0 spiro atoms. The summed E-state index contributed by atoms with van der Waals surface area (Å²) >= 11 is 3.24. The quantitative estimate of drug-likeness (QED) is 0.840. The highest BCUT2D eigenvalue weighted by atomic mass is 79.9. The van der Waals surface area contributed by atoms with E-state index in [2.05, 4.69) is 27.3 Å². The SMILES string of the molecule is Cc1cccc([C@H](C)NC(=O)C(C)Br)c1. The third-order valence-corrected chi connectivity index (χ3v) is 2.68. The van der Waals surface area contributed by atoms with Crippen molar-refractivity contribution in [1.82, 2.24) is 5.32 Å². The number of halogens is 1. The van der Waals surface area contributed by atoms with Gasteiger partial charge in [0.25, 0.3) is 0 Å². The predicted molar refractivity (Wildman–Crippen MR) is 66.1 cm³/mol. The summed E-state index contributed by atoms with van der Waals surface area (Å²) in [4.78, 5) is 11.3. The van der Waals surface area contributed by atoms with E-state index in [1.165, 1.54) is 5.56 Å². The molecule has 82 valence electrons. The first-order valence-electron chi connectivity index (χ1n) is 5.01. The number of benzene rings is 1. The van der Waals surface area contributed by atoms with Crippen molar-refractivity contribution in [2.24, 2.45) is 0 Å². The number of rotatable bonds is 3. The summed E-state index contributed by atoms with van der Waals surface area (Å²) < 4.78 is 0. The maximum atomic E-state index is 11.5. The zero-order valence-electron chi connectivity index (χ0n) is 9.25. The molecule has 0 aromatic heterocycles. The van der Waals surface area contributed by atoms with Crippen molar-refractivity contribution in [3.8, 4) is 0 Å². The van der Waals surface area contributed by atoms with Gasteiger partial charge in [-0.3, -0.25) is 4.79 Å². The highest BCUT2D eigenvalue weighted by Crippen LogP contribution is 2.14. The molecule has 1 rings (SSSR count). The highest BCUT2D eigenvalue weighted by Gasteiger charge is 2.12. The van der Waals surface area contributed by atoms with Crippen LogP contribution in [0.5, 0.6) is 0 Å². The van der Waals surface area contributed by atoms with Crippen LogP contribution in [0.15, 0.2) is 24.3 Å². The molecule has 1 amide bonds. The minimum Gasteiger partial charge on any atom is -0.349 e. The van der Waals surface area contributed by atoms with Gasteiger partial charge in [-0.15, -0.1) is 0 Å². The maximum absolute atomic E-state index is 11.5. The van der Waals surface area contributed by atoms with Crippen molar-refractivity contribution < 1.29 is 4.79 Å². The van der Waals surface area contributed by atoms with E-state index in [4.69, 9.17) is 0 Å². The normalized spacial score (nSPS) is 14.4. The Bertz CT molecular complexity index is 349. The molecule has 1 aromatic rings. The average molecular weight is 270 g/mol. The van der Waals surface area contributed by atoms with Gasteiger partial charge in [0.2, 0.25) is 5.91 Å². The number of hydrogen-bond acceptors (Lipinski definition) is 1. The third kappa shape index (κ3) is 3.67. The number of aryl methyl sites for hydroxylation is 1. The Morgan fingerprint density at radius 1 is 1.40 bits per heavy atom. The smallest absolute Gasteiger partial charge is 0.233 e. The van der Waals surface area contributed by atoms with Crippen molar-refractivity contribution in [2.45, 2.75) is 31.6 Å². The molecule has 0 fully saturated rings. The molecule has 2 nitrogen and oxygen atoms in total. The molecule has 2 atom stereocenters. The molecule has 1 N–H and O–H groups in total. The van der Waals surface area contributed by atoms with Crippen LogP contribution >= 0.6 is 15.9 Å². The van der Waals surface area contributed by atoms with E-state index in [1.54, 1.807) is 0 Å². The molecule has 0 bridgehead atoms. The zero-order chi connectivity index (χ0) is 11.4. The van der Waals surface area contributed by atoms with Gasteiger partial charge in [-0.05, 0) is 26.3 Å². The second-order valence-electron chi connectivity index (χ2n) is 3.76. The van der Waals surface area contributed by atoms with Crippen LogP contribution in [0.25, 0.3) is 0 Å². The molecule has 1 aromatic carbocycles. The fraction of sp³-hybridized carbons (Fsp3) is 0.417. The maximum Gasteiger partial charge on any atom is 0.233 e. The van der Waals surface area contributed by atoms with Crippen LogP contribution in [0.1, 0.15) is 31.0 Å². The van der Waals surface area contributed by atoms with Crippen molar-refractivity contribution in [3.05, 3.63) is 35.4 Å². The van der Waals surface area contributed by atoms with E-state index in [-0.39, 0.29) is 16.8 Å². The first-order valence-corrected chi connectivity index (χ1v) is 5.93. The highest BCUT2D eigenvalue weighted by molar-refractivity contribution is 9.10. The number of hydrogen-bond donors (Lipinski definition) is 1. The van der Waals surface area contributed by atoms with E-state index in [0.29, 0.717) is 0 Å². The van der Waals surface area contributed by atoms with Crippen LogP contribution in [-0.4, -0.2) is 10.7 Å². The Hall–Kier alpha value is -0.830. The van der Waals surface area contributed by atoms with Crippen molar-refractivity contribution in [1.29, 1.82) is 0 Å². The van der Waals surface area contributed by atoms with Crippen molar-refractivity contribution >= 4 is 21.8 Å². The van der Waals surface area contributed by atoms with Gasteiger partial charge in [-0.2, -0.15) is 0 Å². The lowest BCUT2D eigenvalue weighted by Gasteiger charge is -2.15. The van der Waals surface area contributed by atoms with Crippen LogP contribution in [0, 0.1) is 6.92 Å². The summed E-state index contributed by atoms with van der Waals surface area (Å²) in [6.07, 6.45) is 0. The molecule has 0 aliphatic carbocycles. The molecule has 0 aliphatic rings. The van der Waals surface area contributed by atoms with Crippen molar-refractivity contribution in [3.63, 3.8) is 0 Å². The minimum absolute atomic E-state index is 0.0176. The molecule has 0 saturated carbocycles. The van der Waals surface area contributed by atoms with Crippen molar-refractivity contribution in [2.75, 3.05) is 0 Å². The number of carbonyl (C=O) groups excluding carboxylic acids is 1. The summed E-state index contributed by atoms with van der Waals surface area (Å²) in [6, 6.07) is 8.22. The minimum atomic E-state index is -0.148. The van der Waals surface area contributed by atoms with Gasteiger partial charge < -0.3 is 5.32 Å². The lowest BCUT2D eigenvalue weighted by atomic mass is 10.1. The van der Waals surface area contributed by atoms with Crippen LogP contribution < -0.4 is 5.32 Å². The van der Waals surface area contributed by atoms with Crippen LogP contribution in [-0.2, 0) is 4.79 Å². The van der Waals surface area contributed by atoms with Gasteiger partial charge in [0.05, 0.1) is 10.9 Å². The standard InChI is InChI=1S/C12H16BrNO/c1-8-5-4-6-11(7-8)10(3)14-12(15)9(2)13/h4-7,9-10H,1-3H3,(H,14,15)/t9?,10-/m0/s1. The van der Waals surface area contributed by atoms with Gasteiger partial charge in [0.1, 0.15) is 0 Å². The summed E-state index contributed by atoms with van der Waals surface area (Å²) in [5.74, 6) is 0.0176. The number of nitrogens with one attached hydrogen (secondary N) is 1.